The molecule has 0 spiro atoms. The summed E-state index contributed by atoms with van der Waals surface area (Å²) >= 11 is 0. The van der Waals surface area contributed by atoms with Crippen molar-refractivity contribution in [2.24, 2.45) is 17.2 Å². The van der Waals surface area contributed by atoms with Crippen molar-refractivity contribution in [1.82, 2.24) is 0 Å². The number of unbranched alkanes of at least 4 members (excludes halogenated alkanes) is 7. The third-order valence-corrected chi connectivity index (χ3v) is 3.31. The first-order valence-electron chi connectivity index (χ1n) is 7.47. The number of hydrogen-bond donors (Lipinski definition) is 3. The molecule has 0 aliphatic heterocycles. The van der Waals surface area contributed by atoms with Crippen LogP contribution in [0.2, 0.25) is 0 Å². The first-order valence-corrected chi connectivity index (χ1v) is 7.47. The summed E-state index contributed by atoms with van der Waals surface area (Å²) in [6, 6.07) is 0.402. The van der Waals surface area contributed by atoms with Crippen LogP contribution in [-0.4, -0.2) is 19.1 Å². The molecule has 0 radical (unpaired) electrons. The maximum atomic E-state index is 6.04. The second-order valence-electron chi connectivity index (χ2n) is 5.10. The van der Waals surface area contributed by atoms with E-state index in [1.165, 1.54) is 57.8 Å². The first-order chi connectivity index (χ1) is 8.31. The summed E-state index contributed by atoms with van der Waals surface area (Å²) < 4.78 is 0. The van der Waals surface area contributed by atoms with Crippen molar-refractivity contribution in [3.8, 4) is 0 Å². The maximum Gasteiger partial charge on any atom is 0.00388 e. The Kier molecular flexibility index (Phi) is 13.8. The fourth-order valence-electron chi connectivity index (χ4n) is 2.13. The largest absolute Gasteiger partial charge is 0.330 e. The average Bonchev–Trinajstić information content (AvgIpc) is 2.33. The molecule has 6 N–H and O–H groups in total. The molecular formula is C14H33N3. The summed E-state index contributed by atoms with van der Waals surface area (Å²) in [5.74, 6) is 0. The quantitative estimate of drug-likeness (QED) is 0.435. The molecule has 0 aromatic heterocycles. The zero-order chi connectivity index (χ0) is 12.8. The average molecular weight is 243 g/mol. The van der Waals surface area contributed by atoms with Crippen LogP contribution in [-0.2, 0) is 0 Å². The lowest BCUT2D eigenvalue weighted by molar-refractivity contribution is 0.493. The van der Waals surface area contributed by atoms with Gasteiger partial charge in [0.25, 0.3) is 0 Å². The minimum Gasteiger partial charge on any atom is -0.330 e. The molecular weight excluding hydrogens is 210 g/mol. The second-order valence-corrected chi connectivity index (χ2v) is 5.10. The van der Waals surface area contributed by atoms with Crippen molar-refractivity contribution in [3.63, 3.8) is 0 Å². The third-order valence-electron chi connectivity index (χ3n) is 3.31. The fourth-order valence-corrected chi connectivity index (χ4v) is 2.13. The maximum absolute atomic E-state index is 6.04. The van der Waals surface area contributed by atoms with E-state index in [1.54, 1.807) is 0 Å². The molecule has 0 rings (SSSR count). The van der Waals surface area contributed by atoms with Gasteiger partial charge in [-0.3, -0.25) is 0 Å². The van der Waals surface area contributed by atoms with Gasteiger partial charge in [-0.1, -0.05) is 44.9 Å². The lowest BCUT2D eigenvalue weighted by Crippen LogP contribution is -2.19. The van der Waals surface area contributed by atoms with E-state index in [2.05, 4.69) is 0 Å². The second kappa shape index (κ2) is 13.9. The van der Waals surface area contributed by atoms with Gasteiger partial charge in [-0.2, -0.15) is 0 Å². The Hall–Kier alpha value is -0.120. The molecule has 0 saturated carbocycles. The monoisotopic (exact) mass is 243 g/mol. The van der Waals surface area contributed by atoms with Crippen LogP contribution in [0.4, 0.5) is 0 Å². The molecule has 1 atom stereocenters. The summed E-state index contributed by atoms with van der Waals surface area (Å²) in [4.78, 5) is 0. The molecule has 3 heteroatoms. The molecule has 104 valence electrons. The Balaban J connectivity index is 3.05. The van der Waals surface area contributed by atoms with Gasteiger partial charge in [0.1, 0.15) is 0 Å². The van der Waals surface area contributed by atoms with E-state index in [4.69, 9.17) is 17.2 Å². The highest BCUT2D eigenvalue weighted by molar-refractivity contribution is 4.61. The Morgan fingerprint density at radius 3 is 1.41 bits per heavy atom. The van der Waals surface area contributed by atoms with Gasteiger partial charge < -0.3 is 17.2 Å². The van der Waals surface area contributed by atoms with Gasteiger partial charge in [-0.25, -0.2) is 0 Å². The summed E-state index contributed by atoms with van der Waals surface area (Å²) in [6.07, 6.45) is 13.8. The lowest BCUT2D eigenvalue weighted by atomic mass is 10.0. The van der Waals surface area contributed by atoms with Crippen LogP contribution in [0, 0.1) is 0 Å². The lowest BCUT2D eigenvalue weighted by Gasteiger charge is -2.10. The molecule has 0 aromatic carbocycles. The SMILES string of the molecule is NCCCCCCCCCC(N)CCCCN. The van der Waals surface area contributed by atoms with Gasteiger partial charge in [-0.05, 0) is 38.8 Å². The molecule has 0 amide bonds. The number of nitrogens with two attached hydrogens (primary N) is 3. The van der Waals surface area contributed by atoms with E-state index in [0.717, 1.165) is 25.9 Å². The smallest absolute Gasteiger partial charge is 0.00388 e. The van der Waals surface area contributed by atoms with Crippen LogP contribution in [0.25, 0.3) is 0 Å². The van der Waals surface area contributed by atoms with Gasteiger partial charge >= 0.3 is 0 Å². The van der Waals surface area contributed by atoms with Crippen LogP contribution in [0.15, 0.2) is 0 Å². The predicted molar refractivity (Wildman–Crippen MR) is 76.9 cm³/mol. The Morgan fingerprint density at radius 1 is 0.529 bits per heavy atom. The van der Waals surface area contributed by atoms with Crippen LogP contribution in [0.1, 0.15) is 70.6 Å². The van der Waals surface area contributed by atoms with Gasteiger partial charge in [0.15, 0.2) is 0 Å². The van der Waals surface area contributed by atoms with Gasteiger partial charge in [0.05, 0.1) is 0 Å². The van der Waals surface area contributed by atoms with Gasteiger partial charge in [-0.15, -0.1) is 0 Å². The molecule has 1 unspecified atom stereocenters. The van der Waals surface area contributed by atoms with Crippen LogP contribution in [0.3, 0.4) is 0 Å². The molecule has 0 aromatic rings. The first kappa shape index (κ1) is 16.9. The third kappa shape index (κ3) is 13.8. The minimum absolute atomic E-state index is 0.402. The summed E-state index contributed by atoms with van der Waals surface area (Å²) in [7, 11) is 0. The summed E-state index contributed by atoms with van der Waals surface area (Å²) in [6.45, 7) is 1.65. The fraction of sp³-hybridized carbons (Fsp3) is 1.00. The summed E-state index contributed by atoms with van der Waals surface area (Å²) in [5.41, 5.74) is 16.9. The molecule has 0 saturated heterocycles. The van der Waals surface area contributed by atoms with Crippen molar-refractivity contribution >= 4 is 0 Å². The van der Waals surface area contributed by atoms with Crippen molar-refractivity contribution in [2.45, 2.75) is 76.7 Å². The van der Waals surface area contributed by atoms with Crippen LogP contribution < -0.4 is 17.2 Å². The highest BCUT2D eigenvalue weighted by atomic mass is 14.6. The van der Waals surface area contributed by atoms with E-state index in [0.29, 0.717) is 6.04 Å². The zero-order valence-electron chi connectivity index (χ0n) is 11.5. The Morgan fingerprint density at radius 2 is 0.882 bits per heavy atom. The molecule has 0 aliphatic rings. The molecule has 17 heavy (non-hydrogen) atoms. The standard InChI is InChI=1S/C14H33N3/c15-12-8-5-3-1-2-4-6-10-14(17)11-7-9-13-16/h14H,1-13,15-17H2. The van der Waals surface area contributed by atoms with E-state index in [9.17, 15) is 0 Å². The van der Waals surface area contributed by atoms with E-state index in [-0.39, 0.29) is 0 Å². The zero-order valence-corrected chi connectivity index (χ0v) is 11.5. The van der Waals surface area contributed by atoms with Crippen molar-refractivity contribution in [3.05, 3.63) is 0 Å². The molecule has 0 bridgehead atoms. The number of hydrogen-bond acceptors (Lipinski definition) is 3. The van der Waals surface area contributed by atoms with Gasteiger partial charge in [0.2, 0.25) is 0 Å². The van der Waals surface area contributed by atoms with Crippen molar-refractivity contribution < 1.29 is 0 Å². The van der Waals surface area contributed by atoms with Crippen LogP contribution in [0.5, 0.6) is 0 Å². The Bertz CT molecular complexity index is 139. The van der Waals surface area contributed by atoms with Gasteiger partial charge in [0, 0.05) is 6.04 Å². The van der Waals surface area contributed by atoms with Crippen molar-refractivity contribution in [1.29, 1.82) is 0 Å². The normalized spacial score (nSPS) is 12.9. The molecule has 0 aliphatic carbocycles. The Labute approximate surface area is 108 Å². The summed E-state index contributed by atoms with van der Waals surface area (Å²) in [5, 5.41) is 0. The van der Waals surface area contributed by atoms with E-state index < -0.39 is 0 Å². The molecule has 3 nitrogen and oxygen atoms in total. The van der Waals surface area contributed by atoms with E-state index >= 15 is 0 Å². The van der Waals surface area contributed by atoms with Crippen LogP contribution >= 0.6 is 0 Å². The number of rotatable bonds is 13. The highest BCUT2D eigenvalue weighted by Crippen LogP contribution is 2.11. The molecule has 0 heterocycles. The highest BCUT2D eigenvalue weighted by Gasteiger charge is 2.01. The molecule has 0 fully saturated rings. The topological polar surface area (TPSA) is 78.1 Å². The van der Waals surface area contributed by atoms with Crippen molar-refractivity contribution in [2.75, 3.05) is 13.1 Å². The van der Waals surface area contributed by atoms with E-state index in [1.807, 2.05) is 0 Å². The predicted octanol–water partition coefficient (Wildman–Crippen LogP) is 2.52. The minimum atomic E-state index is 0.402.